The third-order valence-electron chi connectivity index (χ3n) is 14.6. The Morgan fingerprint density at radius 1 is 0.269 bits per heavy atom. The lowest BCUT2D eigenvalue weighted by atomic mass is 10.0. The van der Waals surface area contributed by atoms with Crippen molar-refractivity contribution in [2.45, 2.75) is 341 Å². The van der Waals surface area contributed by atoms with Crippen LogP contribution in [0.1, 0.15) is 335 Å². The highest BCUT2D eigenvalue weighted by Gasteiger charge is 2.19. The summed E-state index contributed by atoms with van der Waals surface area (Å²) in [5.41, 5.74) is 0. The second-order valence-electron chi connectivity index (χ2n) is 22.4. The van der Waals surface area contributed by atoms with Crippen LogP contribution in [0.25, 0.3) is 0 Å². The Balaban J connectivity index is 4.36. The SMILES string of the molecule is CC/C=C\C/C=C\C/C=C\C/C=C\C/C=C\CCCCCC(=O)OC(COC(=O)CCCCCCC/C=C\C/C=C\CCCCCC)COC(=O)CCCCCCCCCCCCCCCCCCCCCCCCCCC. The fourth-order valence-electron chi connectivity index (χ4n) is 9.62. The summed E-state index contributed by atoms with van der Waals surface area (Å²) in [6.07, 6.45) is 87.4. The molecule has 1 atom stereocenters. The number of rotatable bonds is 61. The minimum absolute atomic E-state index is 0.0921. The van der Waals surface area contributed by atoms with E-state index in [2.05, 4.69) is 106 Å². The number of unbranched alkanes of at least 4 members (excludes halogenated alkanes) is 36. The van der Waals surface area contributed by atoms with Gasteiger partial charge in [0.25, 0.3) is 0 Å². The lowest BCUT2D eigenvalue weighted by Gasteiger charge is -2.18. The molecular formula is C72H126O6. The monoisotopic (exact) mass is 1090 g/mol. The Morgan fingerprint density at radius 2 is 0.500 bits per heavy atom. The maximum absolute atomic E-state index is 12.9. The predicted octanol–water partition coefficient (Wildman–Crippen LogP) is 23.1. The Morgan fingerprint density at radius 3 is 0.808 bits per heavy atom. The molecule has 0 aromatic heterocycles. The highest BCUT2D eigenvalue weighted by atomic mass is 16.6. The van der Waals surface area contributed by atoms with Crippen molar-refractivity contribution in [2.75, 3.05) is 13.2 Å². The van der Waals surface area contributed by atoms with Crippen molar-refractivity contribution < 1.29 is 28.6 Å². The van der Waals surface area contributed by atoms with Crippen LogP contribution in [0.5, 0.6) is 0 Å². The molecule has 0 saturated carbocycles. The standard InChI is InChI=1S/C72H126O6/c1-4-7-10-13-16-19-22-25-28-31-33-34-35-36-37-38-40-41-44-47-50-53-56-59-62-65-71(74)77-68-69(67-76-70(73)64-61-58-55-52-49-46-43-30-27-24-21-18-15-12-9-6-3)78-72(75)66-63-60-57-54-51-48-45-42-39-32-29-26-23-20-17-14-11-8-5-2/h8,11,17,20-21,24,26,29-30,39,42-43,48,51,69H,4-7,9-10,12-16,18-19,22-23,25,27-28,31-38,40-41,44-47,49-50,52-68H2,1-3H3/b11-8-,20-17-,24-21-,29-26-,42-39-,43-30-,51-48-. The molecule has 1 unspecified atom stereocenters. The van der Waals surface area contributed by atoms with Gasteiger partial charge in [-0.3, -0.25) is 14.4 Å². The maximum atomic E-state index is 12.9. The molecule has 0 saturated heterocycles. The minimum Gasteiger partial charge on any atom is -0.462 e. The summed E-state index contributed by atoms with van der Waals surface area (Å²) in [5.74, 6) is -0.924. The lowest BCUT2D eigenvalue weighted by molar-refractivity contribution is -0.167. The van der Waals surface area contributed by atoms with Gasteiger partial charge in [-0.05, 0) is 96.3 Å². The molecule has 0 aliphatic heterocycles. The Kier molecular flexibility index (Phi) is 63.2. The minimum atomic E-state index is -0.801. The van der Waals surface area contributed by atoms with Gasteiger partial charge >= 0.3 is 17.9 Å². The van der Waals surface area contributed by atoms with Crippen LogP contribution >= 0.6 is 0 Å². The van der Waals surface area contributed by atoms with Crippen molar-refractivity contribution in [3.63, 3.8) is 0 Å². The summed E-state index contributed by atoms with van der Waals surface area (Å²) in [7, 11) is 0. The van der Waals surface area contributed by atoms with Crippen LogP contribution in [0.15, 0.2) is 85.1 Å². The van der Waals surface area contributed by atoms with Gasteiger partial charge in [0.15, 0.2) is 6.10 Å². The smallest absolute Gasteiger partial charge is 0.306 e. The van der Waals surface area contributed by atoms with Gasteiger partial charge in [0.2, 0.25) is 0 Å². The highest BCUT2D eigenvalue weighted by Crippen LogP contribution is 2.17. The van der Waals surface area contributed by atoms with Crippen LogP contribution in [0.4, 0.5) is 0 Å². The van der Waals surface area contributed by atoms with Crippen molar-refractivity contribution in [3.8, 4) is 0 Å². The third-order valence-corrected chi connectivity index (χ3v) is 14.6. The average molecular weight is 1090 g/mol. The lowest BCUT2D eigenvalue weighted by Crippen LogP contribution is -2.30. The van der Waals surface area contributed by atoms with Crippen LogP contribution in [-0.4, -0.2) is 37.2 Å². The molecule has 0 aromatic carbocycles. The van der Waals surface area contributed by atoms with Crippen LogP contribution in [0, 0.1) is 0 Å². The molecule has 0 aliphatic carbocycles. The first-order valence-corrected chi connectivity index (χ1v) is 33.6. The fourth-order valence-corrected chi connectivity index (χ4v) is 9.62. The van der Waals surface area contributed by atoms with E-state index in [1.165, 1.54) is 173 Å². The Hall–Kier alpha value is -3.41. The van der Waals surface area contributed by atoms with Gasteiger partial charge in [0.05, 0.1) is 0 Å². The molecule has 0 fully saturated rings. The highest BCUT2D eigenvalue weighted by molar-refractivity contribution is 5.71. The normalized spacial score (nSPS) is 12.6. The summed E-state index contributed by atoms with van der Waals surface area (Å²) in [6.45, 7) is 6.51. The Bertz CT molecular complexity index is 1480. The van der Waals surface area contributed by atoms with E-state index < -0.39 is 6.10 Å². The maximum Gasteiger partial charge on any atom is 0.306 e. The topological polar surface area (TPSA) is 78.9 Å². The molecule has 0 N–H and O–H groups in total. The molecule has 0 aliphatic rings. The number of carbonyl (C=O) groups excluding carboxylic acids is 3. The zero-order valence-electron chi connectivity index (χ0n) is 51.7. The predicted molar refractivity (Wildman–Crippen MR) is 339 cm³/mol. The van der Waals surface area contributed by atoms with E-state index in [0.29, 0.717) is 12.8 Å². The van der Waals surface area contributed by atoms with Crippen LogP contribution in [-0.2, 0) is 28.6 Å². The molecule has 6 nitrogen and oxygen atoms in total. The zero-order valence-corrected chi connectivity index (χ0v) is 51.7. The molecule has 450 valence electrons. The number of hydrogen-bond acceptors (Lipinski definition) is 6. The molecule has 6 heteroatoms. The number of esters is 3. The summed E-state index contributed by atoms with van der Waals surface area (Å²) >= 11 is 0. The largest absolute Gasteiger partial charge is 0.462 e. The van der Waals surface area contributed by atoms with Crippen LogP contribution in [0.2, 0.25) is 0 Å². The zero-order chi connectivity index (χ0) is 56.4. The molecule has 0 spiro atoms. The molecule has 0 bridgehead atoms. The summed E-state index contributed by atoms with van der Waals surface area (Å²) < 4.78 is 16.9. The van der Waals surface area contributed by atoms with Gasteiger partial charge < -0.3 is 14.2 Å². The average Bonchev–Trinajstić information content (AvgIpc) is 3.44. The molecule has 0 rings (SSSR count). The van der Waals surface area contributed by atoms with E-state index in [1.54, 1.807) is 0 Å². The van der Waals surface area contributed by atoms with E-state index >= 15 is 0 Å². The van der Waals surface area contributed by atoms with Crippen molar-refractivity contribution in [1.29, 1.82) is 0 Å². The first-order chi connectivity index (χ1) is 38.5. The molecule has 0 amide bonds. The van der Waals surface area contributed by atoms with Crippen LogP contribution in [0.3, 0.4) is 0 Å². The molecular weight excluding hydrogens is 961 g/mol. The summed E-state index contributed by atoms with van der Waals surface area (Å²) in [6, 6.07) is 0. The van der Waals surface area contributed by atoms with Crippen molar-refractivity contribution in [3.05, 3.63) is 85.1 Å². The second kappa shape index (κ2) is 66.1. The van der Waals surface area contributed by atoms with E-state index in [1.807, 2.05) is 0 Å². The van der Waals surface area contributed by atoms with Crippen molar-refractivity contribution >= 4 is 17.9 Å². The van der Waals surface area contributed by atoms with Gasteiger partial charge in [0.1, 0.15) is 13.2 Å². The fraction of sp³-hybridized carbons (Fsp3) is 0.764. The van der Waals surface area contributed by atoms with Gasteiger partial charge in [-0.15, -0.1) is 0 Å². The molecule has 78 heavy (non-hydrogen) atoms. The third kappa shape index (κ3) is 63.4. The first-order valence-electron chi connectivity index (χ1n) is 33.6. The first kappa shape index (κ1) is 74.6. The molecule has 0 aromatic rings. The second-order valence-corrected chi connectivity index (χ2v) is 22.4. The van der Waals surface area contributed by atoms with E-state index in [9.17, 15) is 14.4 Å². The number of ether oxygens (including phenoxy) is 3. The molecule has 0 radical (unpaired) electrons. The molecule has 0 heterocycles. The van der Waals surface area contributed by atoms with Gasteiger partial charge in [-0.25, -0.2) is 0 Å². The number of allylic oxidation sites excluding steroid dienone is 14. The van der Waals surface area contributed by atoms with Crippen LogP contribution < -0.4 is 0 Å². The van der Waals surface area contributed by atoms with Crippen molar-refractivity contribution in [1.82, 2.24) is 0 Å². The van der Waals surface area contributed by atoms with E-state index in [4.69, 9.17) is 14.2 Å². The summed E-state index contributed by atoms with van der Waals surface area (Å²) in [5, 5.41) is 0. The van der Waals surface area contributed by atoms with Gasteiger partial charge in [-0.1, -0.05) is 305 Å². The number of carbonyl (C=O) groups is 3. The van der Waals surface area contributed by atoms with E-state index in [-0.39, 0.29) is 37.5 Å². The quantitative estimate of drug-likeness (QED) is 0.0261. The Labute approximate surface area is 484 Å². The summed E-state index contributed by atoms with van der Waals surface area (Å²) in [4.78, 5) is 38.4. The van der Waals surface area contributed by atoms with Crippen molar-refractivity contribution in [2.24, 2.45) is 0 Å². The van der Waals surface area contributed by atoms with E-state index in [0.717, 1.165) is 122 Å². The van der Waals surface area contributed by atoms with Gasteiger partial charge in [0, 0.05) is 19.3 Å². The van der Waals surface area contributed by atoms with Gasteiger partial charge in [-0.2, -0.15) is 0 Å². The number of hydrogen-bond donors (Lipinski definition) is 0.